The number of amides is 1. The van der Waals surface area contributed by atoms with Gasteiger partial charge in [-0.25, -0.2) is 0 Å². The first-order valence-electron chi connectivity index (χ1n) is 8.61. The monoisotopic (exact) mass is 345 g/mol. The number of carbonyl (C=O) groups excluding carboxylic acids is 1. The maximum Gasteiger partial charge on any atom is 0.255 e. The first-order valence-corrected chi connectivity index (χ1v) is 8.61. The van der Waals surface area contributed by atoms with Crippen LogP contribution in [0.4, 0.5) is 11.4 Å². The molecule has 1 aromatic heterocycles. The fourth-order valence-electron chi connectivity index (χ4n) is 2.99. The van der Waals surface area contributed by atoms with E-state index in [9.17, 15) is 4.79 Å². The molecule has 0 radical (unpaired) electrons. The fraction of sp³-hybridized carbons (Fsp3) is 0.182. The third-order valence-corrected chi connectivity index (χ3v) is 4.10. The van der Waals surface area contributed by atoms with Gasteiger partial charge in [0.25, 0.3) is 5.91 Å². The normalized spacial score (nSPS) is 10.4. The predicted molar refractivity (Wildman–Crippen MR) is 106 cm³/mol. The molecule has 0 spiro atoms. The van der Waals surface area contributed by atoms with Crippen molar-refractivity contribution >= 4 is 17.3 Å². The summed E-state index contributed by atoms with van der Waals surface area (Å²) in [5.74, 6) is -0.0505. The van der Waals surface area contributed by atoms with E-state index in [-0.39, 0.29) is 5.91 Å². The second kappa shape index (κ2) is 7.83. The molecule has 0 bridgehead atoms. The Balaban J connectivity index is 1.74. The molecule has 0 aliphatic carbocycles. The zero-order chi connectivity index (χ0) is 18.5. The average Bonchev–Trinajstić information content (AvgIpc) is 2.61. The van der Waals surface area contributed by atoms with Crippen LogP contribution in [-0.2, 0) is 6.54 Å². The van der Waals surface area contributed by atoms with Crippen LogP contribution >= 0.6 is 0 Å². The van der Waals surface area contributed by atoms with Crippen molar-refractivity contribution in [3.63, 3.8) is 0 Å². The molecule has 0 fully saturated rings. The highest BCUT2D eigenvalue weighted by Crippen LogP contribution is 2.20. The van der Waals surface area contributed by atoms with Crippen molar-refractivity contribution in [2.45, 2.75) is 20.4 Å². The van der Waals surface area contributed by atoms with Crippen LogP contribution in [0.25, 0.3) is 0 Å². The molecule has 1 heterocycles. The zero-order valence-electron chi connectivity index (χ0n) is 15.4. The second-order valence-electron chi connectivity index (χ2n) is 6.61. The number of carbonyl (C=O) groups is 1. The molecule has 0 unspecified atom stereocenters. The Morgan fingerprint density at radius 3 is 2.35 bits per heavy atom. The van der Waals surface area contributed by atoms with Gasteiger partial charge >= 0.3 is 0 Å². The van der Waals surface area contributed by atoms with E-state index >= 15 is 0 Å². The van der Waals surface area contributed by atoms with Crippen LogP contribution in [-0.4, -0.2) is 22.8 Å². The molecule has 0 saturated carbocycles. The topological polar surface area (TPSA) is 45.2 Å². The van der Waals surface area contributed by atoms with Crippen molar-refractivity contribution in [3.05, 3.63) is 89.2 Å². The largest absolute Gasteiger partial charge is 0.354 e. The van der Waals surface area contributed by atoms with Gasteiger partial charge in [0, 0.05) is 25.5 Å². The lowest BCUT2D eigenvalue weighted by atomic mass is 10.1. The highest BCUT2D eigenvalue weighted by Gasteiger charge is 2.13. The number of aryl methyl sites for hydroxylation is 2. The standard InChI is InChI=1S/C22H23N3O/c1-16-9-17(2)11-20(10-16)24-21-12-19(13-23-14-21)22(26)25(3)15-18-7-5-4-6-8-18/h4-14,24H,15H2,1-3H3. The number of anilines is 2. The van der Waals surface area contributed by atoms with E-state index in [1.165, 1.54) is 11.1 Å². The minimum atomic E-state index is -0.0505. The zero-order valence-corrected chi connectivity index (χ0v) is 15.4. The third-order valence-electron chi connectivity index (χ3n) is 4.10. The van der Waals surface area contributed by atoms with Crippen LogP contribution in [0.5, 0.6) is 0 Å². The van der Waals surface area contributed by atoms with Crippen molar-refractivity contribution in [1.82, 2.24) is 9.88 Å². The Kier molecular flexibility index (Phi) is 5.32. The van der Waals surface area contributed by atoms with E-state index in [1.54, 1.807) is 24.3 Å². The number of hydrogen-bond donors (Lipinski definition) is 1. The molecule has 1 amide bonds. The minimum Gasteiger partial charge on any atom is -0.354 e. The summed E-state index contributed by atoms with van der Waals surface area (Å²) in [5, 5.41) is 3.34. The highest BCUT2D eigenvalue weighted by atomic mass is 16.2. The Bertz CT molecular complexity index is 886. The SMILES string of the molecule is Cc1cc(C)cc(Nc2cncc(C(=O)N(C)Cc3ccccc3)c2)c1. The summed E-state index contributed by atoms with van der Waals surface area (Å²) >= 11 is 0. The van der Waals surface area contributed by atoms with Gasteiger partial charge in [-0.15, -0.1) is 0 Å². The molecule has 4 heteroatoms. The Labute approximate surface area is 154 Å². The van der Waals surface area contributed by atoms with E-state index in [2.05, 4.69) is 42.3 Å². The van der Waals surface area contributed by atoms with E-state index < -0.39 is 0 Å². The average molecular weight is 345 g/mol. The first kappa shape index (κ1) is 17.7. The van der Waals surface area contributed by atoms with Crippen molar-refractivity contribution in [3.8, 4) is 0 Å². The summed E-state index contributed by atoms with van der Waals surface area (Å²) in [7, 11) is 1.80. The molecule has 0 saturated heterocycles. The van der Waals surface area contributed by atoms with Crippen LogP contribution in [0.15, 0.2) is 67.0 Å². The molecule has 3 aromatic rings. The molecule has 1 N–H and O–H groups in total. The number of nitrogens with one attached hydrogen (secondary N) is 1. The molecule has 26 heavy (non-hydrogen) atoms. The summed E-state index contributed by atoms with van der Waals surface area (Å²) in [6.45, 7) is 4.69. The van der Waals surface area contributed by atoms with Gasteiger partial charge in [-0.3, -0.25) is 9.78 Å². The second-order valence-corrected chi connectivity index (χ2v) is 6.61. The number of pyridine rings is 1. The first-order chi connectivity index (χ1) is 12.5. The third kappa shape index (κ3) is 4.48. The molecule has 2 aromatic carbocycles. The number of benzene rings is 2. The van der Waals surface area contributed by atoms with Gasteiger partial charge in [0.15, 0.2) is 0 Å². The molecule has 0 atom stereocenters. The van der Waals surface area contributed by atoms with Gasteiger partial charge in [-0.2, -0.15) is 0 Å². The Morgan fingerprint density at radius 1 is 0.962 bits per heavy atom. The van der Waals surface area contributed by atoms with E-state index in [4.69, 9.17) is 0 Å². The summed E-state index contributed by atoms with van der Waals surface area (Å²) < 4.78 is 0. The van der Waals surface area contributed by atoms with Crippen molar-refractivity contribution in [2.24, 2.45) is 0 Å². The highest BCUT2D eigenvalue weighted by molar-refractivity contribution is 5.94. The smallest absolute Gasteiger partial charge is 0.255 e. The van der Waals surface area contributed by atoms with Crippen LogP contribution in [0.3, 0.4) is 0 Å². The predicted octanol–water partition coefficient (Wildman–Crippen LogP) is 4.71. The van der Waals surface area contributed by atoms with Gasteiger partial charge < -0.3 is 10.2 Å². The lowest BCUT2D eigenvalue weighted by molar-refractivity contribution is 0.0784. The Hall–Kier alpha value is -3.14. The van der Waals surface area contributed by atoms with Gasteiger partial charge in [-0.1, -0.05) is 36.4 Å². The van der Waals surface area contributed by atoms with E-state index in [1.807, 2.05) is 36.4 Å². The number of rotatable bonds is 5. The molecular formula is C22H23N3O. The molecule has 4 nitrogen and oxygen atoms in total. The molecular weight excluding hydrogens is 322 g/mol. The quantitative estimate of drug-likeness (QED) is 0.728. The molecule has 0 aliphatic rings. The van der Waals surface area contributed by atoms with Gasteiger partial charge in [0.2, 0.25) is 0 Å². The van der Waals surface area contributed by atoms with E-state index in [0.717, 1.165) is 16.9 Å². The van der Waals surface area contributed by atoms with E-state index in [0.29, 0.717) is 12.1 Å². The van der Waals surface area contributed by atoms with Crippen LogP contribution < -0.4 is 5.32 Å². The van der Waals surface area contributed by atoms with Crippen molar-refractivity contribution in [1.29, 1.82) is 0 Å². The molecule has 0 aliphatic heterocycles. The number of nitrogens with zero attached hydrogens (tertiary/aromatic N) is 2. The fourth-order valence-corrected chi connectivity index (χ4v) is 2.99. The maximum atomic E-state index is 12.7. The summed E-state index contributed by atoms with van der Waals surface area (Å²) in [6, 6.07) is 18.1. The van der Waals surface area contributed by atoms with Gasteiger partial charge in [0.05, 0.1) is 17.4 Å². The molecule has 132 valence electrons. The van der Waals surface area contributed by atoms with Crippen LogP contribution in [0.1, 0.15) is 27.0 Å². The minimum absolute atomic E-state index is 0.0505. The van der Waals surface area contributed by atoms with Crippen LogP contribution in [0.2, 0.25) is 0 Å². The summed E-state index contributed by atoms with van der Waals surface area (Å²) in [5.41, 5.74) is 5.84. The maximum absolute atomic E-state index is 12.7. The summed E-state index contributed by atoms with van der Waals surface area (Å²) in [6.07, 6.45) is 3.34. The van der Waals surface area contributed by atoms with Gasteiger partial charge in [-0.05, 0) is 48.7 Å². The molecule has 3 rings (SSSR count). The summed E-state index contributed by atoms with van der Waals surface area (Å²) in [4.78, 5) is 18.6. The van der Waals surface area contributed by atoms with Crippen molar-refractivity contribution < 1.29 is 4.79 Å². The number of hydrogen-bond acceptors (Lipinski definition) is 3. The lowest BCUT2D eigenvalue weighted by Gasteiger charge is -2.18. The lowest BCUT2D eigenvalue weighted by Crippen LogP contribution is -2.26. The van der Waals surface area contributed by atoms with Gasteiger partial charge in [0.1, 0.15) is 0 Å². The van der Waals surface area contributed by atoms with Crippen molar-refractivity contribution in [2.75, 3.05) is 12.4 Å². The Morgan fingerprint density at radius 2 is 1.65 bits per heavy atom. The van der Waals surface area contributed by atoms with Crippen LogP contribution in [0, 0.1) is 13.8 Å². The number of aromatic nitrogens is 1.